The number of carboxylic acids is 2. The maximum atomic E-state index is 10.6. The number of hydrogen-bond donors (Lipinski definition) is 2. The molecule has 0 heterocycles. The van der Waals surface area contributed by atoms with E-state index in [2.05, 4.69) is 40.9 Å². The van der Waals surface area contributed by atoms with Crippen molar-refractivity contribution in [3.8, 4) is 0 Å². The highest BCUT2D eigenvalue weighted by atomic mass is 16.4. The van der Waals surface area contributed by atoms with Gasteiger partial charge in [-0.1, -0.05) is 221 Å². The van der Waals surface area contributed by atoms with Crippen LogP contribution in [0.3, 0.4) is 0 Å². The maximum absolute atomic E-state index is 10.6. The standard InChI is InChI=1S/2C22H42O2/c2*1-20(2)18-16-14-12-10-8-6-4-5-7-9-11-13-15-17-19-21(3)22(23)24/h2*20H,3-19H2,1-2H3,(H,23,24). The van der Waals surface area contributed by atoms with Gasteiger partial charge in [-0.2, -0.15) is 0 Å². The third kappa shape index (κ3) is 42.4. The fraction of sp³-hybridized carbons (Fsp3) is 0.864. The van der Waals surface area contributed by atoms with Crippen molar-refractivity contribution in [1.82, 2.24) is 0 Å². The summed E-state index contributed by atoms with van der Waals surface area (Å²) in [6.07, 6.45) is 41.5. The number of hydrogen-bond acceptors (Lipinski definition) is 2. The second-order valence-corrected chi connectivity index (χ2v) is 15.6. The van der Waals surface area contributed by atoms with Crippen molar-refractivity contribution < 1.29 is 19.8 Å². The van der Waals surface area contributed by atoms with Crippen LogP contribution in [0.15, 0.2) is 24.3 Å². The Hall–Kier alpha value is -1.58. The molecule has 0 amide bonds. The van der Waals surface area contributed by atoms with Gasteiger partial charge in [0, 0.05) is 11.1 Å². The predicted molar refractivity (Wildman–Crippen MR) is 211 cm³/mol. The zero-order valence-electron chi connectivity index (χ0n) is 32.9. The summed E-state index contributed by atoms with van der Waals surface area (Å²) in [7, 11) is 0. The van der Waals surface area contributed by atoms with Crippen LogP contribution in [0.1, 0.15) is 233 Å². The Morgan fingerprint density at radius 2 is 0.521 bits per heavy atom. The topological polar surface area (TPSA) is 74.6 Å². The predicted octanol–water partition coefficient (Wildman–Crippen LogP) is 15.0. The molecule has 4 nitrogen and oxygen atoms in total. The van der Waals surface area contributed by atoms with Crippen LogP contribution in [0.4, 0.5) is 0 Å². The molecule has 0 saturated heterocycles. The highest BCUT2D eigenvalue weighted by Crippen LogP contribution is 2.17. The summed E-state index contributed by atoms with van der Waals surface area (Å²) in [5.74, 6) is 0.0551. The second-order valence-electron chi connectivity index (χ2n) is 15.6. The summed E-state index contributed by atoms with van der Waals surface area (Å²) >= 11 is 0. The lowest BCUT2D eigenvalue weighted by molar-refractivity contribution is -0.133. The molecule has 0 atom stereocenters. The van der Waals surface area contributed by atoms with E-state index in [1.54, 1.807) is 0 Å². The fourth-order valence-corrected chi connectivity index (χ4v) is 6.24. The third-order valence-electron chi connectivity index (χ3n) is 9.62. The number of rotatable bonds is 36. The largest absolute Gasteiger partial charge is 0.478 e. The van der Waals surface area contributed by atoms with Gasteiger partial charge in [-0.3, -0.25) is 0 Å². The van der Waals surface area contributed by atoms with Gasteiger partial charge in [0.15, 0.2) is 0 Å². The van der Waals surface area contributed by atoms with E-state index in [4.69, 9.17) is 10.2 Å². The quantitative estimate of drug-likeness (QED) is 0.0511. The normalized spacial score (nSPS) is 11.1. The lowest BCUT2D eigenvalue weighted by Crippen LogP contribution is -1.98. The molecule has 0 aromatic carbocycles. The SMILES string of the molecule is C=C(CCCCCCCCCCCCCCCCC(C)C)C(=O)O.C=C(CCCCCCCCCCCCCCCCC(C)C)C(=O)O. The van der Waals surface area contributed by atoms with Crippen LogP contribution in [-0.4, -0.2) is 22.2 Å². The highest BCUT2D eigenvalue weighted by molar-refractivity contribution is 5.85. The molecule has 48 heavy (non-hydrogen) atoms. The summed E-state index contributed by atoms with van der Waals surface area (Å²) in [4.78, 5) is 21.2. The van der Waals surface area contributed by atoms with Crippen LogP contribution in [0.2, 0.25) is 0 Å². The molecular weight excluding hydrogens is 592 g/mol. The van der Waals surface area contributed by atoms with Crippen molar-refractivity contribution >= 4 is 11.9 Å². The summed E-state index contributed by atoms with van der Waals surface area (Å²) < 4.78 is 0. The minimum Gasteiger partial charge on any atom is -0.478 e. The van der Waals surface area contributed by atoms with Gasteiger partial charge in [-0.05, 0) is 37.5 Å². The van der Waals surface area contributed by atoms with E-state index in [0.717, 1.165) is 37.5 Å². The Balaban J connectivity index is 0. The molecule has 0 aliphatic rings. The van der Waals surface area contributed by atoms with Crippen LogP contribution in [0.25, 0.3) is 0 Å². The van der Waals surface area contributed by atoms with Gasteiger partial charge in [0.2, 0.25) is 0 Å². The number of carbonyl (C=O) groups is 2. The average molecular weight is 677 g/mol. The van der Waals surface area contributed by atoms with Crippen LogP contribution >= 0.6 is 0 Å². The lowest BCUT2D eigenvalue weighted by Gasteiger charge is -2.05. The Morgan fingerprint density at radius 3 is 0.688 bits per heavy atom. The molecule has 0 spiro atoms. The number of unbranched alkanes of at least 4 members (excludes halogenated alkanes) is 26. The first-order valence-electron chi connectivity index (χ1n) is 20.9. The third-order valence-corrected chi connectivity index (χ3v) is 9.62. The zero-order chi connectivity index (χ0) is 36.1. The summed E-state index contributed by atoms with van der Waals surface area (Å²) in [5, 5.41) is 17.4. The van der Waals surface area contributed by atoms with Crippen molar-refractivity contribution in [2.24, 2.45) is 11.8 Å². The van der Waals surface area contributed by atoms with E-state index in [1.807, 2.05) is 0 Å². The average Bonchev–Trinajstić information content (AvgIpc) is 3.03. The molecule has 0 bridgehead atoms. The van der Waals surface area contributed by atoms with Gasteiger partial charge >= 0.3 is 11.9 Å². The van der Waals surface area contributed by atoms with Crippen molar-refractivity contribution in [2.45, 2.75) is 233 Å². The van der Waals surface area contributed by atoms with E-state index in [-0.39, 0.29) is 0 Å². The Morgan fingerprint density at radius 1 is 0.354 bits per heavy atom. The van der Waals surface area contributed by atoms with Crippen LogP contribution in [0, 0.1) is 11.8 Å². The maximum Gasteiger partial charge on any atom is 0.330 e. The number of carboxylic acid groups (broad SMARTS) is 2. The van der Waals surface area contributed by atoms with E-state index in [0.29, 0.717) is 24.0 Å². The molecule has 2 N–H and O–H groups in total. The molecule has 0 unspecified atom stereocenters. The van der Waals surface area contributed by atoms with Crippen molar-refractivity contribution in [3.63, 3.8) is 0 Å². The summed E-state index contributed by atoms with van der Waals surface area (Å²) in [6.45, 7) is 16.4. The van der Waals surface area contributed by atoms with Crippen LogP contribution < -0.4 is 0 Å². The molecule has 0 fully saturated rings. The fourth-order valence-electron chi connectivity index (χ4n) is 6.24. The van der Waals surface area contributed by atoms with Gasteiger partial charge in [0.1, 0.15) is 0 Å². The van der Waals surface area contributed by atoms with Crippen LogP contribution in [0.5, 0.6) is 0 Å². The van der Waals surface area contributed by atoms with Crippen molar-refractivity contribution in [1.29, 1.82) is 0 Å². The van der Waals surface area contributed by atoms with E-state index < -0.39 is 11.9 Å². The molecule has 0 aromatic rings. The van der Waals surface area contributed by atoms with Gasteiger partial charge in [0.25, 0.3) is 0 Å². The molecule has 0 aliphatic carbocycles. The zero-order valence-corrected chi connectivity index (χ0v) is 32.9. The second kappa shape index (κ2) is 38.2. The van der Waals surface area contributed by atoms with Crippen molar-refractivity contribution in [3.05, 3.63) is 24.3 Å². The molecule has 4 heteroatoms. The molecule has 0 rings (SSSR count). The van der Waals surface area contributed by atoms with Gasteiger partial charge in [-0.25, -0.2) is 9.59 Å². The molecule has 0 aliphatic heterocycles. The smallest absolute Gasteiger partial charge is 0.330 e. The Kier molecular flexibility index (Phi) is 38.7. The minimum absolute atomic E-state index is 0.356. The van der Waals surface area contributed by atoms with E-state index in [9.17, 15) is 9.59 Å². The first kappa shape index (κ1) is 48.5. The number of aliphatic carboxylic acids is 2. The molecule has 0 radical (unpaired) electrons. The van der Waals surface area contributed by atoms with Crippen LogP contribution in [-0.2, 0) is 9.59 Å². The molecular formula is C44H84O4. The monoisotopic (exact) mass is 677 g/mol. The lowest BCUT2D eigenvalue weighted by atomic mass is 10.0. The minimum atomic E-state index is -0.842. The van der Waals surface area contributed by atoms with Gasteiger partial charge in [-0.15, -0.1) is 0 Å². The van der Waals surface area contributed by atoms with Crippen molar-refractivity contribution in [2.75, 3.05) is 0 Å². The summed E-state index contributed by atoms with van der Waals surface area (Å²) in [5.41, 5.74) is 0.713. The first-order chi connectivity index (χ1) is 23.1. The first-order valence-corrected chi connectivity index (χ1v) is 20.9. The molecule has 0 aromatic heterocycles. The highest BCUT2D eigenvalue weighted by Gasteiger charge is 2.04. The summed E-state index contributed by atoms with van der Waals surface area (Å²) in [6, 6.07) is 0. The Bertz CT molecular complexity index is 676. The van der Waals surface area contributed by atoms with Gasteiger partial charge in [0.05, 0.1) is 0 Å². The molecule has 0 saturated carbocycles. The Labute approximate surface area is 300 Å². The molecule has 284 valence electrons. The van der Waals surface area contributed by atoms with E-state index in [1.165, 1.54) is 167 Å². The van der Waals surface area contributed by atoms with Gasteiger partial charge < -0.3 is 10.2 Å². The van der Waals surface area contributed by atoms with E-state index >= 15 is 0 Å².